The largest absolute Gasteiger partial charge is 0.391 e. The minimum absolute atomic E-state index is 0.0346. The molecule has 2 rings (SSSR count). The number of hydrogen-bond acceptors (Lipinski definition) is 1. The lowest BCUT2D eigenvalue weighted by Gasteiger charge is -2.29. The van der Waals surface area contributed by atoms with Crippen LogP contribution in [0.25, 0.3) is 0 Å². The Labute approximate surface area is 123 Å². The molecule has 0 amide bonds. The average Bonchev–Trinajstić information content (AvgIpc) is 2.36. The Morgan fingerprint density at radius 2 is 1.76 bits per heavy atom. The molecule has 116 valence electrons. The number of halogens is 3. The smallest absolute Gasteiger partial charge is 0.299 e. The molecule has 1 fully saturated rings. The third-order valence-corrected chi connectivity index (χ3v) is 4.25. The molecule has 1 aliphatic rings. The van der Waals surface area contributed by atoms with E-state index in [4.69, 9.17) is 0 Å². The first-order valence-electron chi connectivity index (χ1n) is 7.42. The molecule has 1 aliphatic carbocycles. The van der Waals surface area contributed by atoms with Gasteiger partial charge in [-0.1, -0.05) is 35.7 Å². The molecule has 1 aromatic rings. The van der Waals surface area contributed by atoms with Crippen molar-refractivity contribution in [3.05, 3.63) is 34.9 Å². The van der Waals surface area contributed by atoms with Gasteiger partial charge in [0.2, 0.25) is 0 Å². The highest BCUT2D eigenvalue weighted by Gasteiger charge is 2.43. The van der Waals surface area contributed by atoms with Gasteiger partial charge in [0.15, 0.2) is 0 Å². The molecule has 0 bridgehead atoms. The maximum absolute atomic E-state index is 12.8. The first-order valence-corrected chi connectivity index (χ1v) is 7.42. The molecule has 21 heavy (non-hydrogen) atoms. The summed E-state index contributed by atoms with van der Waals surface area (Å²) >= 11 is 0. The Morgan fingerprint density at radius 3 is 2.33 bits per heavy atom. The highest BCUT2D eigenvalue weighted by molar-refractivity contribution is 5.83. The quantitative estimate of drug-likeness (QED) is 0.784. The van der Waals surface area contributed by atoms with E-state index < -0.39 is 18.0 Å². The van der Waals surface area contributed by atoms with Gasteiger partial charge in [0.25, 0.3) is 0 Å². The van der Waals surface area contributed by atoms with Crippen molar-refractivity contribution in [2.45, 2.75) is 52.1 Å². The zero-order chi connectivity index (χ0) is 15.6. The number of hydrogen-bond donors (Lipinski definition) is 0. The van der Waals surface area contributed by atoms with Crippen LogP contribution in [0.4, 0.5) is 13.2 Å². The predicted molar refractivity (Wildman–Crippen MR) is 76.1 cm³/mol. The number of rotatable bonds is 3. The van der Waals surface area contributed by atoms with Gasteiger partial charge in [0, 0.05) is 12.3 Å². The second-order valence-corrected chi connectivity index (χ2v) is 6.24. The molecule has 0 aromatic heterocycles. The molecular weight excluding hydrogens is 277 g/mol. The number of carbonyl (C=O) groups excluding carboxylic acids is 1. The van der Waals surface area contributed by atoms with E-state index in [9.17, 15) is 18.0 Å². The topological polar surface area (TPSA) is 17.1 Å². The zero-order valence-corrected chi connectivity index (χ0v) is 12.5. The molecular formula is C17H21F3O. The molecule has 2 unspecified atom stereocenters. The number of ketones is 1. The predicted octanol–water partition coefficient (Wildman–Crippen LogP) is 4.78. The van der Waals surface area contributed by atoms with Crippen LogP contribution in [0.5, 0.6) is 0 Å². The molecule has 2 atom stereocenters. The van der Waals surface area contributed by atoms with Gasteiger partial charge in [-0.25, -0.2) is 0 Å². The first-order chi connectivity index (χ1) is 9.75. The lowest BCUT2D eigenvalue weighted by Crippen LogP contribution is -2.32. The molecule has 0 heterocycles. The fourth-order valence-electron chi connectivity index (χ4n) is 3.30. The summed E-state index contributed by atoms with van der Waals surface area (Å²) in [5, 5.41) is 0. The molecule has 1 saturated carbocycles. The summed E-state index contributed by atoms with van der Waals surface area (Å²) in [5.74, 6) is -1.79. The van der Waals surface area contributed by atoms with Gasteiger partial charge in [0.05, 0.1) is 5.92 Å². The fourth-order valence-corrected chi connectivity index (χ4v) is 3.30. The van der Waals surface area contributed by atoms with Crippen LogP contribution in [0.15, 0.2) is 18.2 Å². The third kappa shape index (κ3) is 4.32. The van der Waals surface area contributed by atoms with E-state index in [1.807, 2.05) is 32.0 Å². The van der Waals surface area contributed by atoms with Crippen molar-refractivity contribution in [1.29, 1.82) is 0 Å². The molecule has 0 radical (unpaired) electrons. The normalized spacial score (nSPS) is 23.1. The summed E-state index contributed by atoms with van der Waals surface area (Å²) in [5.41, 5.74) is 3.07. The van der Waals surface area contributed by atoms with Crippen molar-refractivity contribution in [1.82, 2.24) is 0 Å². The minimum atomic E-state index is -4.17. The van der Waals surface area contributed by atoms with E-state index in [0.717, 1.165) is 16.7 Å². The molecule has 0 saturated heterocycles. The summed E-state index contributed by atoms with van der Waals surface area (Å²) in [6, 6.07) is 5.90. The zero-order valence-electron chi connectivity index (χ0n) is 12.5. The SMILES string of the molecule is Cc1cc(C)cc(CC(=O)C2CCCC(C(F)(F)F)C2)c1. The van der Waals surface area contributed by atoms with E-state index in [1.165, 1.54) is 0 Å². The van der Waals surface area contributed by atoms with E-state index in [0.29, 0.717) is 12.8 Å². The Bertz CT molecular complexity index is 499. The first kappa shape index (κ1) is 16.1. The molecule has 4 heteroatoms. The lowest BCUT2D eigenvalue weighted by molar-refractivity contribution is -0.186. The van der Waals surface area contributed by atoms with Gasteiger partial charge in [-0.2, -0.15) is 13.2 Å². The van der Waals surface area contributed by atoms with Crippen LogP contribution in [0.3, 0.4) is 0 Å². The average molecular weight is 298 g/mol. The van der Waals surface area contributed by atoms with Crippen LogP contribution in [0.1, 0.15) is 42.4 Å². The van der Waals surface area contributed by atoms with Crippen molar-refractivity contribution < 1.29 is 18.0 Å². The maximum Gasteiger partial charge on any atom is 0.391 e. The third-order valence-electron chi connectivity index (χ3n) is 4.25. The van der Waals surface area contributed by atoms with Crippen LogP contribution in [-0.2, 0) is 11.2 Å². The van der Waals surface area contributed by atoms with Gasteiger partial charge in [-0.05, 0) is 38.7 Å². The van der Waals surface area contributed by atoms with Crippen molar-refractivity contribution in [2.75, 3.05) is 0 Å². The number of carbonyl (C=O) groups is 1. The Hall–Kier alpha value is -1.32. The van der Waals surface area contributed by atoms with E-state index >= 15 is 0 Å². The van der Waals surface area contributed by atoms with Crippen molar-refractivity contribution >= 4 is 5.78 Å². The van der Waals surface area contributed by atoms with Gasteiger partial charge >= 0.3 is 6.18 Å². The summed E-state index contributed by atoms with van der Waals surface area (Å²) in [6.07, 6.45) is -2.70. The van der Waals surface area contributed by atoms with E-state index in [1.54, 1.807) is 0 Å². The summed E-state index contributed by atoms with van der Waals surface area (Å²) < 4.78 is 38.4. The van der Waals surface area contributed by atoms with Crippen molar-refractivity contribution in [3.8, 4) is 0 Å². The molecule has 1 aromatic carbocycles. The standard InChI is InChI=1S/C17H21F3O/c1-11-6-12(2)8-13(7-11)9-16(21)14-4-3-5-15(10-14)17(18,19)20/h6-8,14-15H,3-5,9-10H2,1-2H3. The number of aryl methyl sites for hydroxylation is 2. The number of alkyl halides is 3. The van der Waals surface area contributed by atoms with Gasteiger partial charge in [-0.15, -0.1) is 0 Å². The molecule has 0 N–H and O–H groups in total. The lowest BCUT2D eigenvalue weighted by atomic mass is 9.78. The molecule has 0 aliphatic heterocycles. The van der Waals surface area contributed by atoms with Crippen LogP contribution >= 0.6 is 0 Å². The fraction of sp³-hybridized carbons (Fsp3) is 0.588. The highest BCUT2D eigenvalue weighted by Crippen LogP contribution is 2.40. The van der Waals surface area contributed by atoms with Crippen LogP contribution in [0, 0.1) is 25.7 Å². The van der Waals surface area contributed by atoms with Crippen LogP contribution in [-0.4, -0.2) is 12.0 Å². The van der Waals surface area contributed by atoms with Crippen LogP contribution < -0.4 is 0 Å². The van der Waals surface area contributed by atoms with E-state index in [-0.39, 0.29) is 25.0 Å². The van der Waals surface area contributed by atoms with Crippen molar-refractivity contribution in [2.24, 2.45) is 11.8 Å². The highest BCUT2D eigenvalue weighted by atomic mass is 19.4. The maximum atomic E-state index is 12.8. The Kier molecular flexibility index (Phi) is 4.74. The monoisotopic (exact) mass is 298 g/mol. The summed E-state index contributed by atoms with van der Waals surface area (Å²) in [7, 11) is 0. The van der Waals surface area contributed by atoms with Crippen LogP contribution in [0.2, 0.25) is 0 Å². The van der Waals surface area contributed by atoms with Gasteiger partial charge in [0.1, 0.15) is 5.78 Å². The second kappa shape index (κ2) is 6.20. The van der Waals surface area contributed by atoms with Gasteiger partial charge in [-0.3, -0.25) is 4.79 Å². The minimum Gasteiger partial charge on any atom is -0.299 e. The Morgan fingerprint density at radius 1 is 1.14 bits per heavy atom. The summed E-state index contributed by atoms with van der Waals surface area (Å²) in [6.45, 7) is 3.92. The molecule has 0 spiro atoms. The Balaban J connectivity index is 2.03. The second-order valence-electron chi connectivity index (χ2n) is 6.24. The van der Waals surface area contributed by atoms with E-state index in [2.05, 4.69) is 0 Å². The summed E-state index contributed by atoms with van der Waals surface area (Å²) in [4.78, 5) is 12.3. The number of Topliss-reactive ketones (excluding diaryl/α,β-unsaturated/α-hetero) is 1. The number of benzene rings is 1. The molecule has 1 nitrogen and oxygen atoms in total. The van der Waals surface area contributed by atoms with Crippen molar-refractivity contribution in [3.63, 3.8) is 0 Å². The van der Waals surface area contributed by atoms with Gasteiger partial charge < -0.3 is 0 Å².